The zero-order chi connectivity index (χ0) is 23.4. The van der Waals surface area contributed by atoms with Crippen LogP contribution in [0.15, 0.2) is 64.3 Å². The van der Waals surface area contributed by atoms with Crippen molar-refractivity contribution >= 4 is 22.6 Å². The Morgan fingerprint density at radius 3 is 2.42 bits per heavy atom. The first-order chi connectivity index (χ1) is 15.8. The van der Waals surface area contributed by atoms with Crippen molar-refractivity contribution in [2.75, 3.05) is 7.11 Å². The Morgan fingerprint density at radius 2 is 1.76 bits per heavy atom. The number of rotatable bonds is 4. The summed E-state index contributed by atoms with van der Waals surface area (Å²) in [6.45, 7) is 0. The van der Waals surface area contributed by atoms with Crippen LogP contribution in [-0.4, -0.2) is 35.1 Å². The van der Waals surface area contributed by atoms with Crippen LogP contribution in [0.1, 0.15) is 0 Å². The molecule has 11 heteroatoms. The van der Waals surface area contributed by atoms with E-state index in [-0.39, 0.29) is 16.9 Å². The Bertz CT molecular complexity index is 1690. The van der Waals surface area contributed by atoms with Crippen LogP contribution in [0.5, 0.6) is 5.75 Å². The van der Waals surface area contributed by atoms with E-state index in [9.17, 15) is 19.7 Å². The second kappa shape index (κ2) is 7.19. The first-order valence-corrected chi connectivity index (χ1v) is 9.90. The lowest BCUT2D eigenvalue weighted by atomic mass is 10.1. The summed E-state index contributed by atoms with van der Waals surface area (Å²) < 4.78 is 11.0. The molecule has 0 N–H and O–H groups in total. The largest absolute Gasteiger partial charge is 0.497 e. The Kier molecular flexibility index (Phi) is 4.41. The highest BCUT2D eigenvalue weighted by atomic mass is 16.6. The van der Waals surface area contributed by atoms with Gasteiger partial charge in [-0.3, -0.25) is 33.0 Å². The second-order valence-corrected chi connectivity index (χ2v) is 7.51. The number of benzene rings is 2. The summed E-state index contributed by atoms with van der Waals surface area (Å²) in [4.78, 5) is 40.9. The van der Waals surface area contributed by atoms with Gasteiger partial charge < -0.3 is 4.74 Å². The molecule has 0 amide bonds. The van der Waals surface area contributed by atoms with Gasteiger partial charge in [0, 0.05) is 43.7 Å². The number of nitro benzene ring substituents is 1. The number of fused-ring (bicyclic) bond motifs is 3. The topological polar surface area (TPSA) is 119 Å². The standard InChI is InChI=1S/C22H18N6O5/c1-24-19-18(20(29)25(2)22(24)30)26-12-17(13-5-4-6-15(11-13)28(31)32)27(21(26)23-19)14-7-9-16(33-3)10-8-14/h4-12H,1-3H3. The molecule has 5 aromatic rings. The molecule has 0 bridgehead atoms. The summed E-state index contributed by atoms with van der Waals surface area (Å²) in [5.41, 5.74) is 1.30. The van der Waals surface area contributed by atoms with Crippen molar-refractivity contribution in [1.82, 2.24) is 23.1 Å². The van der Waals surface area contributed by atoms with Crippen LogP contribution < -0.4 is 16.0 Å². The normalized spacial score (nSPS) is 11.4. The van der Waals surface area contributed by atoms with E-state index in [1.54, 1.807) is 53.6 Å². The zero-order valence-corrected chi connectivity index (χ0v) is 17.9. The number of non-ortho nitro benzene ring substituents is 1. The van der Waals surface area contributed by atoms with Crippen molar-refractivity contribution < 1.29 is 9.66 Å². The minimum absolute atomic E-state index is 0.0595. The lowest BCUT2D eigenvalue weighted by Crippen LogP contribution is -2.37. The van der Waals surface area contributed by atoms with Gasteiger partial charge in [-0.25, -0.2) is 4.79 Å². The van der Waals surface area contributed by atoms with Gasteiger partial charge in [-0.2, -0.15) is 4.98 Å². The number of hydrogen-bond donors (Lipinski definition) is 0. The Morgan fingerprint density at radius 1 is 1.03 bits per heavy atom. The third kappa shape index (κ3) is 2.93. The van der Waals surface area contributed by atoms with Gasteiger partial charge in [-0.15, -0.1) is 0 Å². The van der Waals surface area contributed by atoms with E-state index in [4.69, 9.17) is 4.74 Å². The molecule has 166 valence electrons. The SMILES string of the molecule is COc1ccc(-n2c(-c3cccc([N+](=O)[O-])c3)cn3c4c(=O)n(C)c(=O)n(C)c4nc23)cc1. The number of nitro groups is 1. The Labute approximate surface area is 185 Å². The van der Waals surface area contributed by atoms with E-state index in [0.29, 0.717) is 28.5 Å². The van der Waals surface area contributed by atoms with Gasteiger partial charge in [-0.05, 0) is 24.3 Å². The summed E-state index contributed by atoms with van der Waals surface area (Å²) in [6, 6.07) is 13.4. The molecule has 0 atom stereocenters. The Hall–Kier alpha value is -4.67. The molecule has 0 aliphatic heterocycles. The van der Waals surface area contributed by atoms with Crippen LogP contribution in [0.3, 0.4) is 0 Å². The maximum atomic E-state index is 13.0. The lowest BCUT2D eigenvalue weighted by molar-refractivity contribution is -0.384. The molecule has 0 spiro atoms. The minimum Gasteiger partial charge on any atom is -0.497 e. The summed E-state index contributed by atoms with van der Waals surface area (Å²) >= 11 is 0. The van der Waals surface area contributed by atoms with Crippen LogP contribution in [0.2, 0.25) is 0 Å². The lowest BCUT2D eigenvalue weighted by Gasteiger charge is -2.10. The van der Waals surface area contributed by atoms with E-state index in [0.717, 1.165) is 4.57 Å². The molecule has 0 fully saturated rings. The van der Waals surface area contributed by atoms with Crippen molar-refractivity contribution in [1.29, 1.82) is 0 Å². The maximum absolute atomic E-state index is 13.0. The number of aryl methyl sites for hydroxylation is 1. The molecule has 0 saturated carbocycles. The van der Waals surface area contributed by atoms with E-state index < -0.39 is 16.2 Å². The number of nitrogens with zero attached hydrogens (tertiary/aromatic N) is 6. The second-order valence-electron chi connectivity index (χ2n) is 7.51. The van der Waals surface area contributed by atoms with Crippen LogP contribution in [0.4, 0.5) is 5.69 Å². The summed E-state index contributed by atoms with van der Waals surface area (Å²) in [6.07, 6.45) is 1.69. The average Bonchev–Trinajstić information content (AvgIpc) is 3.38. The van der Waals surface area contributed by atoms with Crippen molar-refractivity contribution in [2.24, 2.45) is 14.1 Å². The van der Waals surface area contributed by atoms with Crippen molar-refractivity contribution in [3.05, 3.63) is 85.7 Å². The summed E-state index contributed by atoms with van der Waals surface area (Å²) in [5.74, 6) is 1.04. The van der Waals surface area contributed by atoms with Crippen LogP contribution in [0, 0.1) is 10.1 Å². The molecule has 33 heavy (non-hydrogen) atoms. The number of aromatic nitrogens is 5. The molecule has 2 aromatic carbocycles. The highest BCUT2D eigenvalue weighted by Gasteiger charge is 2.22. The van der Waals surface area contributed by atoms with Crippen molar-refractivity contribution in [3.63, 3.8) is 0 Å². The van der Waals surface area contributed by atoms with Crippen LogP contribution in [-0.2, 0) is 14.1 Å². The number of hydrogen-bond acceptors (Lipinski definition) is 6. The fraction of sp³-hybridized carbons (Fsp3) is 0.136. The summed E-state index contributed by atoms with van der Waals surface area (Å²) in [7, 11) is 4.52. The highest BCUT2D eigenvalue weighted by Crippen LogP contribution is 2.31. The predicted octanol–water partition coefficient (Wildman–Crippen LogP) is 2.26. The number of imidazole rings is 2. The molecule has 0 radical (unpaired) electrons. The Balaban J connectivity index is 1.92. The van der Waals surface area contributed by atoms with Gasteiger partial charge in [0.25, 0.3) is 11.2 Å². The quantitative estimate of drug-likeness (QED) is 0.309. The molecule has 0 saturated heterocycles. The molecule has 3 heterocycles. The van der Waals surface area contributed by atoms with E-state index in [2.05, 4.69) is 4.98 Å². The summed E-state index contributed by atoms with van der Waals surface area (Å²) in [5, 5.41) is 11.3. The first-order valence-electron chi connectivity index (χ1n) is 9.90. The van der Waals surface area contributed by atoms with Gasteiger partial charge in [0.05, 0.1) is 17.7 Å². The van der Waals surface area contributed by atoms with E-state index in [1.165, 1.54) is 23.7 Å². The molecule has 11 nitrogen and oxygen atoms in total. The molecule has 5 rings (SSSR count). The fourth-order valence-electron chi connectivity index (χ4n) is 3.94. The third-order valence-corrected chi connectivity index (χ3v) is 5.65. The first kappa shape index (κ1) is 20.2. The molecule has 0 aliphatic carbocycles. The maximum Gasteiger partial charge on any atom is 0.332 e. The van der Waals surface area contributed by atoms with Gasteiger partial charge in [0.1, 0.15) is 5.75 Å². The molecule has 3 aromatic heterocycles. The van der Waals surface area contributed by atoms with E-state index >= 15 is 0 Å². The van der Waals surface area contributed by atoms with Gasteiger partial charge in [0.2, 0.25) is 5.78 Å². The zero-order valence-electron chi connectivity index (χ0n) is 17.9. The van der Waals surface area contributed by atoms with Crippen LogP contribution >= 0.6 is 0 Å². The molecule has 0 aliphatic rings. The predicted molar refractivity (Wildman–Crippen MR) is 121 cm³/mol. The van der Waals surface area contributed by atoms with Crippen molar-refractivity contribution in [3.8, 4) is 22.7 Å². The molecule has 0 unspecified atom stereocenters. The van der Waals surface area contributed by atoms with Crippen molar-refractivity contribution in [2.45, 2.75) is 0 Å². The minimum atomic E-state index is -0.488. The fourth-order valence-corrected chi connectivity index (χ4v) is 3.94. The van der Waals surface area contributed by atoms with E-state index in [1.807, 2.05) is 12.1 Å². The monoisotopic (exact) mass is 446 g/mol. The third-order valence-electron chi connectivity index (χ3n) is 5.65. The average molecular weight is 446 g/mol. The van der Waals surface area contributed by atoms with Crippen LogP contribution in [0.25, 0.3) is 33.9 Å². The number of methoxy groups -OCH3 is 1. The van der Waals surface area contributed by atoms with Gasteiger partial charge in [0.15, 0.2) is 11.2 Å². The van der Waals surface area contributed by atoms with Gasteiger partial charge >= 0.3 is 5.69 Å². The highest BCUT2D eigenvalue weighted by molar-refractivity contribution is 5.79. The van der Waals surface area contributed by atoms with Gasteiger partial charge in [-0.1, -0.05) is 12.1 Å². The molecular weight excluding hydrogens is 428 g/mol. The number of ether oxygens (including phenoxy) is 1. The molecular formula is C22H18N6O5. The smallest absolute Gasteiger partial charge is 0.332 e.